The molecule has 1 saturated heterocycles. The van der Waals surface area contributed by atoms with Gasteiger partial charge < -0.3 is 10.6 Å². The summed E-state index contributed by atoms with van der Waals surface area (Å²) in [6.07, 6.45) is 2.65. The topological polar surface area (TPSA) is 39.7 Å². The molecule has 1 fully saturated rings. The first-order valence-corrected chi connectivity index (χ1v) is 9.64. The summed E-state index contributed by atoms with van der Waals surface area (Å²) in [5.74, 6) is 0.563. The van der Waals surface area contributed by atoms with E-state index in [0.29, 0.717) is 18.7 Å². The quantitative estimate of drug-likeness (QED) is 0.605. The van der Waals surface area contributed by atoms with Crippen LogP contribution in [0, 0.1) is 12.7 Å². The van der Waals surface area contributed by atoms with Crippen LogP contribution in [0.1, 0.15) is 35.1 Å². The molecule has 0 unspecified atom stereocenters. The Bertz CT molecular complexity index is 764. The van der Waals surface area contributed by atoms with Gasteiger partial charge in [0.25, 0.3) is 0 Å². The minimum Gasteiger partial charge on any atom is -0.352 e. The number of nitrogens with zero attached hydrogens (tertiary/aromatic N) is 2. The van der Waals surface area contributed by atoms with Crippen molar-refractivity contribution in [3.8, 4) is 0 Å². The lowest BCUT2D eigenvalue weighted by Crippen LogP contribution is -2.36. The molecule has 0 spiro atoms. The number of likely N-dealkylation sites (tertiary alicyclic amines) is 1. The number of aliphatic imine (C=N–C) groups is 1. The maximum atomic E-state index is 13.4. The minimum absolute atomic E-state index is 0.172. The molecule has 1 heterocycles. The number of nitrogens with one attached hydrogen (secondary N) is 2. The zero-order valence-electron chi connectivity index (χ0n) is 16.3. The van der Waals surface area contributed by atoms with E-state index < -0.39 is 0 Å². The Morgan fingerprint density at radius 3 is 2.19 bits per heavy atom. The highest BCUT2D eigenvalue weighted by atomic mass is 19.1. The van der Waals surface area contributed by atoms with Gasteiger partial charge in [-0.3, -0.25) is 9.89 Å². The van der Waals surface area contributed by atoms with Crippen molar-refractivity contribution in [1.29, 1.82) is 0 Å². The predicted molar refractivity (Wildman–Crippen MR) is 109 cm³/mol. The van der Waals surface area contributed by atoms with Crippen LogP contribution in [0.2, 0.25) is 0 Å². The molecule has 2 aromatic rings. The van der Waals surface area contributed by atoms with Crippen LogP contribution in [0.5, 0.6) is 0 Å². The lowest BCUT2D eigenvalue weighted by atomic mass is 10.1. The number of halogens is 1. The van der Waals surface area contributed by atoms with Gasteiger partial charge in [0.05, 0.1) is 0 Å². The van der Waals surface area contributed by atoms with E-state index in [9.17, 15) is 4.39 Å². The lowest BCUT2D eigenvalue weighted by Gasteiger charge is -2.15. The third-order valence-electron chi connectivity index (χ3n) is 4.99. The van der Waals surface area contributed by atoms with Crippen molar-refractivity contribution < 1.29 is 4.39 Å². The summed E-state index contributed by atoms with van der Waals surface area (Å²) >= 11 is 0. The fourth-order valence-electron chi connectivity index (χ4n) is 3.37. The van der Waals surface area contributed by atoms with Crippen molar-refractivity contribution >= 4 is 5.96 Å². The Kier molecular flexibility index (Phi) is 6.82. The summed E-state index contributed by atoms with van der Waals surface area (Å²) in [5.41, 5.74) is 4.28. The second kappa shape index (κ2) is 9.51. The van der Waals surface area contributed by atoms with Gasteiger partial charge in [0, 0.05) is 26.7 Å². The molecule has 1 aliphatic heterocycles. The van der Waals surface area contributed by atoms with Crippen LogP contribution in [-0.4, -0.2) is 31.0 Å². The third kappa shape index (κ3) is 5.79. The van der Waals surface area contributed by atoms with Gasteiger partial charge in [-0.25, -0.2) is 4.39 Å². The summed E-state index contributed by atoms with van der Waals surface area (Å²) in [7, 11) is 1.75. The predicted octanol–water partition coefficient (Wildman–Crippen LogP) is 3.60. The van der Waals surface area contributed by atoms with Crippen molar-refractivity contribution in [3.63, 3.8) is 0 Å². The van der Waals surface area contributed by atoms with E-state index in [4.69, 9.17) is 0 Å². The van der Waals surface area contributed by atoms with Crippen LogP contribution in [0.4, 0.5) is 4.39 Å². The van der Waals surface area contributed by atoms with Crippen LogP contribution in [0.15, 0.2) is 47.5 Å². The van der Waals surface area contributed by atoms with Crippen LogP contribution in [0.25, 0.3) is 0 Å². The molecule has 0 amide bonds. The molecule has 3 rings (SSSR count). The second-order valence-electron chi connectivity index (χ2n) is 7.16. The monoisotopic (exact) mass is 368 g/mol. The molecule has 0 radical (unpaired) electrons. The molecule has 2 aromatic carbocycles. The standard InChI is InChI=1S/C22H29FN4/c1-17-13-20(9-10-21(17)23)15-26-22(24-2)25-14-18-5-7-19(8-6-18)16-27-11-3-4-12-27/h5-10,13H,3-4,11-12,14-16H2,1-2H3,(H2,24,25,26). The number of hydrogen-bond acceptors (Lipinski definition) is 2. The third-order valence-corrected chi connectivity index (χ3v) is 4.99. The average Bonchev–Trinajstić information content (AvgIpc) is 3.19. The molecule has 4 nitrogen and oxygen atoms in total. The zero-order chi connectivity index (χ0) is 19.1. The van der Waals surface area contributed by atoms with Gasteiger partial charge in [-0.15, -0.1) is 0 Å². The fraction of sp³-hybridized carbons (Fsp3) is 0.409. The van der Waals surface area contributed by atoms with E-state index in [0.717, 1.165) is 18.1 Å². The Labute approximate surface area is 161 Å². The minimum atomic E-state index is -0.172. The number of guanidine groups is 1. The van der Waals surface area contributed by atoms with Crippen LogP contribution in [-0.2, 0) is 19.6 Å². The Morgan fingerprint density at radius 2 is 1.56 bits per heavy atom. The van der Waals surface area contributed by atoms with Gasteiger partial charge in [0.15, 0.2) is 5.96 Å². The molecule has 0 bridgehead atoms. The van der Waals surface area contributed by atoms with Crippen molar-refractivity contribution in [2.75, 3.05) is 20.1 Å². The summed E-state index contributed by atoms with van der Waals surface area (Å²) in [4.78, 5) is 6.77. The van der Waals surface area contributed by atoms with Crippen molar-refractivity contribution in [2.45, 2.75) is 39.4 Å². The molecule has 27 heavy (non-hydrogen) atoms. The first-order valence-electron chi connectivity index (χ1n) is 9.64. The molecule has 2 N–H and O–H groups in total. The smallest absolute Gasteiger partial charge is 0.191 e. The summed E-state index contributed by atoms with van der Waals surface area (Å²) in [6, 6.07) is 13.9. The van der Waals surface area contributed by atoms with E-state index in [-0.39, 0.29) is 5.82 Å². The number of benzene rings is 2. The summed E-state index contributed by atoms with van der Waals surface area (Å²) in [5, 5.41) is 6.60. The molecule has 0 saturated carbocycles. The Balaban J connectivity index is 1.46. The highest BCUT2D eigenvalue weighted by Crippen LogP contribution is 2.13. The van der Waals surface area contributed by atoms with Crippen molar-refractivity contribution in [2.24, 2.45) is 4.99 Å². The molecule has 144 valence electrons. The van der Waals surface area contributed by atoms with Gasteiger partial charge >= 0.3 is 0 Å². The molecular formula is C22H29FN4. The zero-order valence-corrected chi connectivity index (χ0v) is 16.3. The number of rotatable bonds is 6. The van der Waals surface area contributed by atoms with Crippen molar-refractivity contribution in [3.05, 3.63) is 70.5 Å². The first-order chi connectivity index (χ1) is 13.1. The van der Waals surface area contributed by atoms with E-state index in [1.165, 1.54) is 43.1 Å². The van der Waals surface area contributed by atoms with Gasteiger partial charge in [-0.2, -0.15) is 0 Å². The highest BCUT2D eigenvalue weighted by Gasteiger charge is 2.11. The van der Waals surface area contributed by atoms with E-state index in [1.54, 1.807) is 20.0 Å². The van der Waals surface area contributed by atoms with E-state index in [1.807, 2.05) is 6.07 Å². The van der Waals surface area contributed by atoms with Crippen LogP contribution < -0.4 is 10.6 Å². The van der Waals surface area contributed by atoms with Gasteiger partial charge in [0.2, 0.25) is 0 Å². The fourth-order valence-corrected chi connectivity index (χ4v) is 3.37. The highest BCUT2D eigenvalue weighted by molar-refractivity contribution is 5.79. The van der Waals surface area contributed by atoms with E-state index in [2.05, 4.69) is 44.8 Å². The lowest BCUT2D eigenvalue weighted by molar-refractivity contribution is 0.331. The molecule has 1 aliphatic rings. The Hall–Kier alpha value is -2.40. The average molecular weight is 369 g/mol. The summed E-state index contributed by atoms with van der Waals surface area (Å²) < 4.78 is 13.4. The first kappa shape index (κ1) is 19.4. The largest absolute Gasteiger partial charge is 0.352 e. The SMILES string of the molecule is CN=C(NCc1ccc(CN2CCCC2)cc1)NCc1ccc(F)c(C)c1. The van der Waals surface area contributed by atoms with Gasteiger partial charge in [0.1, 0.15) is 5.82 Å². The molecule has 0 atom stereocenters. The van der Waals surface area contributed by atoms with E-state index >= 15 is 0 Å². The molecule has 5 heteroatoms. The normalized spacial score (nSPS) is 15.1. The maximum absolute atomic E-state index is 13.4. The molecular weight excluding hydrogens is 339 g/mol. The van der Waals surface area contributed by atoms with Gasteiger partial charge in [-0.1, -0.05) is 36.4 Å². The second-order valence-corrected chi connectivity index (χ2v) is 7.16. The summed E-state index contributed by atoms with van der Waals surface area (Å²) in [6.45, 7) is 6.59. The number of hydrogen-bond donors (Lipinski definition) is 2. The molecule has 0 aliphatic carbocycles. The molecule has 0 aromatic heterocycles. The van der Waals surface area contributed by atoms with Crippen LogP contribution in [0.3, 0.4) is 0 Å². The van der Waals surface area contributed by atoms with Crippen molar-refractivity contribution in [1.82, 2.24) is 15.5 Å². The Morgan fingerprint density at radius 1 is 0.963 bits per heavy atom. The number of aryl methyl sites for hydroxylation is 1. The van der Waals surface area contributed by atoms with Crippen LogP contribution >= 0.6 is 0 Å². The maximum Gasteiger partial charge on any atom is 0.191 e. The van der Waals surface area contributed by atoms with Gasteiger partial charge in [-0.05, 0) is 61.2 Å².